The van der Waals surface area contributed by atoms with Gasteiger partial charge >= 0.3 is 0 Å². The summed E-state index contributed by atoms with van der Waals surface area (Å²) in [5.74, 6) is 0. The predicted molar refractivity (Wildman–Crippen MR) is 55.0 cm³/mol. The number of hydrogen-bond acceptors (Lipinski definition) is 3. The van der Waals surface area contributed by atoms with Crippen molar-refractivity contribution in [2.24, 2.45) is 0 Å². The van der Waals surface area contributed by atoms with Crippen LogP contribution in [0.2, 0.25) is 0 Å². The van der Waals surface area contributed by atoms with Crippen molar-refractivity contribution in [2.45, 2.75) is 17.0 Å². The Balaban J connectivity index is 2.07. The first kappa shape index (κ1) is 9.06. The number of hydrogen-bond donors (Lipinski definition) is 2. The molecule has 0 aliphatic carbocycles. The van der Waals surface area contributed by atoms with E-state index in [0.717, 1.165) is 0 Å². The molecule has 2 N–H and O–H groups in total. The molecule has 1 heterocycles. The molecular formula is C10H13NOS. The summed E-state index contributed by atoms with van der Waals surface area (Å²) in [5, 5.41) is 12.1. The molecule has 70 valence electrons. The largest absolute Gasteiger partial charge is 0.395 e. The average molecular weight is 195 g/mol. The Morgan fingerprint density at radius 2 is 2.08 bits per heavy atom. The molecule has 1 aliphatic heterocycles. The van der Waals surface area contributed by atoms with E-state index in [9.17, 15) is 0 Å². The molecule has 0 radical (unpaired) electrons. The van der Waals surface area contributed by atoms with Crippen LogP contribution in [0, 0.1) is 0 Å². The molecule has 0 amide bonds. The summed E-state index contributed by atoms with van der Waals surface area (Å²) in [6.07, 6.45) is 2.07. The smallest absolute Gasteiger partial charge is 0.0603 e. The van der Waals surface area contributed by atoms with Crippen LogP contribution in [0.25, 0.3) is 0 Å². The number of thioether (sulfide) groups is 1. The first-order valence-electron chi connectivity index (χ1n) is 4.36. The van der Waals surface area contributed by atoms with Crippen LogP contribution < -0.4 is 5.32 Å². The Bertz CT molecular complexity index is 285. The number of rotatable bonds is 3. The fourth-order valence-electron chi connectivity index (χ4n) is 1.47. The molecular weight excluding hydrogens is 182 g/mol. The van der Waals surface area contributed by atoms with E-state index >= 15 is 0 Å². The SMILES string of the molecule is CSc1ccc(C2NC2CO)cc1. The van der Waals surface area contributed by atoms with Crippen LogP contribution in [0.15, 0.2) is 29.2 Å². The second-order valence-corrected chi connectivity index (χ2v) is 4.09. The molecule has 3 heteroatoms. The molecule has 0 saturated carbocycles. The second kappa shape index (κ2) is 3.70. The molecule has 0 bridgehead atoms. The zero-order valence-corrected chi connectivity index (χ0v) is 8.34. The normalized spacial score (nSPS) is 26.0. The minimum Gasteiger partial charge on any atom is -0.395 e. The van der Waals surface area contributed by atoms with E-state index in [0.29, 0.717) is 6.04 Å². The lowest BCUT2D eigenvalue weighted by Crippen LogP contribution is -1.96. The molecule has 2 unspecified atom stereocenters. The monoisotopic (exact) mass is 195 g/mol. The topological polar surface area (TPSA) is 42.2 Å². The maximum absolute atomic E-state index is 8.87. The molecule has 2 rings (SSSR count). The van der Waals surface area contributed by atoms with E-state index in [-0.39, 0.29) is 12.6 Å². The Morgan fingerprint density at radius 1 is 1.38 bits per heavy atom. The molecule has 1 aromatic rings. The lowest BCUT2D eigenvalue weighted by Gasteiger charge is -1.99. The molecule has 1 saturated heterocycles. The van der Waals surface area contributed by atoms with Gasteiger partial charge in [0.2, 0.25) is 0 Å². The van der Waals surface area contributed by atoms with Crippen LogP contribution >= 0.6 is 11.8 Å². The second-order valence-electron chi connectivity index (χ2n) is 3.21. The van der Waals surface area contributed by atoms with Crippen LogP contribution in [0.5, 0.6) is 0 Å². The van der Waals surface area contributed by atoms with Crippen molar-refractivity contribution in [3.05, 3.63) is 29.8 Å². The molecule has 0 aromatic heterocycles. The molecule has 1 aliphatic rings. The van der Waals surface area contributed by atoms with E-state index in [4.69, 9.17) is 5.11 Å². The zero-order chi connectivity index (χ0) is 9.26. The highest BCUT2D eigenvalue weighted by molar-refractivity contribution is 7.98. The van der Waals surface area contributed by atoms with Crippen molar-refractivity contribution >= 4 is 11.8 Å². The van der Waals surface area contributed by atoms with Crippen molar-refractivity contribution in [2.75, 3.05) is 12.9 Å². The molecule has 2 atom stereocenters. The van der Waals surface area contributed by atoms with Crippen LogP contribution in [-0.2, 0) is 0 Å². The van der Waals surface area contributed by atoms with Crippen molar-refractivity contribution in [3.63, 3.8) is 0 Å². The van der Waals surface area contributed by atoms with Crippen LogP contribution in [0.3, 0.4) is 0 Å². The summed E-state index contributed by atoms with van der Waals surface area (Å²) in [7, 11) is 0. The predicted octanol–water partition coefficient (Wildman–Crippen LogP) is 1.41. The molecule has 1 aromatic carbocycles. The number of aliphatic hydroxyl groups is 1. The van der Waals surface area contributed by atoms with Gasteiger partial charge in [-0.1, -0.05) is 12.1 Å². The van der Waals surface area contributed by atoms with Gasteiger partial charge in [0.05, 0.1) is 18.7 Å². The van der Waals surface area contributed by atoms with Gasteiger partial charge in [0, 0.05) is 4.90 Å². The number of aliphatic hydroxyl groups excluding tert-OH is 1. The van der Waals surface area contributed by atoms with Gasteiger partial charge in [0.15, 0.2) is 0 Å². The van der Waals surface area contributed by atoms with E-state index in [1.54, 1.807) is 11.8 Å². The highest BCUT2D eigenvalue weighted by Gasteiger charge is 2.36. The van der Waals surface area contributed by atoms with Gasteiger partial charge in [-0.2, -0.15) is 0 Å². The van der Waals surface area contributed by atoms with Gasteiger partial charge < -0.3 is 10.4 Å². The van der Waals surface area contributed by atoms with Crippen LogP contribution in [-0.4, -0.2) is 24.0 Å². The minimum absolute atomic E-state index is 0.231. The average Bonchev–Trinajstić information content (AvgIpc) is 2.97. The third-order valence-electron chi connectivity index (χ3n) is 2.36. The maximum atomic E-state index is 8.87. The Hall–Kier alpha value is -0.510. The lowest BCUT2D eigenvalue weighted by molar-refractivity contribution is 0.294. The van der Waals surface area contributed by atoms with E-state index in [1.165, 1.54) is 10.5 Å². The molecule has 13 heavy (non-hydrogen) atoms. The summed E-state index contributed by atoms with van der Waals surface area (Å²) < 4.78 is 0. The third kappa shape index (κ3) is 1.88. The van der Waals surface area contributed by atoms with Gasteiger partial charge in [0.1, 0.15) is 0 Å². The zero-order valence-electron chi connectivity index (χ0n) is 7.53. The summed E-state index contributed by atoms with van der Waals surface area (Å²) in [6.45, 7) is 0.231. The Labute approximate surface area is 82.4 Å². The van der Waals surface area contributed by atoms with Crippen molar-refractivity contribution in [3.8, 4) is 0 Å². The minimum atomic E-state index is 0.231. The van der Waals surface area contributed by atoms with Gasteiger partial charge in [-0.25, -0.2) is 0 Å². The van der Waals surface area contributed by atoms with Gasteiger partial charge in [-0.3, -0.25) is 0 Å². The van der Waals surface area contributed by atoms with Crippen molar-refractivity contribution in [1.29, 1.82) is 0 Å². The summed E-state index contributed by atoms with van der Waals surface area (Å²) in [4.78, 5) is 1.28. The van der Waals surface area contributed by atoms with E-state index in [1.807, 2.05) is 0 Å². The first-order valence-corrected chi connectivity index (χ1v) is 5.58. The third-order valence-corrected chi connectivity index (χ3v) is 3.10. The van der Waals surface area contributed by atoms with Crippen molar-refractivity contribution < 1.29 is 5.11 Å². The number of nitrogens with one attached hydrogen (secondary N) is 1. The molecule has 0 spiro atoms. The fourth-order valence-corrected chi connectivity index (χ4v) is 1.88. The standard InChI is InChI=1S/C10H13NOS/c1-13-8-4-2-7(3-5-8)10-9(6-12)11-10/h2-5,9-12H,6H2,1H3. The van der Waals surface area contributed by atoms with E-state index < -0.39 is 0 Å². The molecule has 1 fully saturated rings. The lowest BCUT2D eigenvalue weighted by atomic mass is 10.1. The summed E-state index contributed by atoms with van der Waals surface area (Å²) in [6, 6.07) is 9.14. The summed E-state index contributed by atoms with van der Waals surface area (Å²) in [5.41, 5.74) is 1.27. The highest BCUT2D eigenvalue weighted by atomic mass is 32.2. The highest BCUT2D eigenvalue weighted by Crippen LogP contribution is 2.30. The Kier molecular flexibility index (Phi) is 2.58. The van der Waals surface area contributed by atoms with Crippen LogP contribution in [0.4, 0.5) is 0 Å². The molecule has 2 nitrogen and oxygen atoms in total. The van der Waals surface area contributed by atoms with Gasteiger partial charge in [0.25, 0.3) is 0 Å². The van der Waals surface area contributed by atoms with Gasteiger partial charge in [-0.15, -0.1) is 11.8 Å². The Morgan fingerprint density at radius 3 is 2.54 bits per heavy atom. The maximum Gasteiger partial charge on any atom is 0.0603 e. The summed E-state index contributed by atoms with van der Waals surface area (Å²) >= 11 is 1.75. The van der Waals surface area contributed by atoms with Crippen LogP contribution in [0.1, 0.15) is 11.6 Å². The number of benzene rings is 1. The fraction of sp³-hybridized carbons (Fsp3) is 0.400. The van der Waals surface area contributed by atoms with Crippen molar-refractivity contribution in [1.82, 2.24) is 5.32 Å². The van der Waals surface area contributed by atoms with E-state index in [2.05, 4.69) is 35.8 Å². The van der Waals surface area contributed by atoms with Gasteiger partial charge in [-0.05, 0) is 24.0 Å². The quantitative estimate of drug-likeness (QED) is 0.566. The first-order chi connectivity index (χ1) is 6.35.